The Morgan fingerprint density at radius 1 is 1.19 bits per heavy atom. The Labute approximate surface area is 155 Å². The van der Waals surface area contributed by atoms with Gasteiger partial charge in [0.1, 0.15) is 0 Å². The predicted octanol–water partition coefficient (Wildman–Crippen LogP) is 0.665. The average molecular weight is 311 g/mol. The van der Waals surface area contributed by atoms with E-state index >= 15 is 0 Å². The van der Waals surface area contributed by atoms with Gasteiger partial charge in [0.15, 0.2) is 0 Å². The summed E-state index contributed by atoms with van der Waals surface area (Å²) in [5.74, 6) is 0. The number of thioether (sulfide) groups is 1. The third-order valence-electron chi connectivity index (χ3n) is 3.71. The van der Waals surface area contributed by atoms with Crippen molar-refractivity contribution in [3.8, 4) is 0 Å². The number of nitrogens with one attached hydrogen (secondary N) is 1. The van der Waals surface area contributed by atoms with Gasteiger partial charge in [-0.2, -0.15) is 0 Å². The topological polar surface area (TPSA) is 18.5 Å². The molecule has 1 heterocycles. The van der Waals surface area contributed by atoms with E-state index in [1.165, 1.54) is 26.9 Å². The quantitative estimate of drug-likeness (QED) is 0.809. The zero-order valence-corrected chi connectivity index (χ0v) is 16.3. The molecule has 1 unspecified atom stereocenters. The van der Waals surface area contributed by atoms with Crippen LogP contribution in [0.1, 0.15) is 7.85 Å². The molecular weight excluding hydrogens is 289 g/mol. The summed E-state index contributed by atoms with van der Waals surface area (Å²) in [7, 11) is 8.42. The van der Waals surface area contributed by atoms with Crippen molar-refractivity contribution in [2.75, 3.05) is 43.3 Å². The second-order valence-electron chi connectivity index (χ2n) is 5.63. The smallest absolute Gasteiger partial charge is 1.00 e. The van der Waals surface area contributed by atoms with Crippen LogP contribution in [0.3, 0.4) is 0 Å². The minimum Gasteiger partial charge on any atom is -1.00 e. The van der Waals surface area contributed by atoms with Gasteiger partial charge in [-0.15, -0.1) is 0 Å². The summed E-state index contributed by atoms with van der Waals surface area (Å²) < 4.78 is 0. The van der Waals surface area contributed by atoms with Gasteiger partial charge < -0.3 is 16.5 Å². The van der Waals surface area contributed by atoms with Crippen LogP contribution < -0.4 is 44.7 Å². The molecule has 3 nitrogen and oxygen atoms in total. The van der Waals surface area contributed by atoms with Crippen molar-refractivity contribution in [2.45, 2.75) is 17.4 Å². The minimum atomic E-state index is 0. The van der Waals surface area contributed by atoms with E-state index in [2.05, 4.69) is 73.7 Å². The number of hydrogen-bond donors (Lipinski definition) is 1. The first-order valence-corrected chi connectivity index (χ1v) is 7.72. The summed E-state index contributed by atoms with van der Waals surface area (Å²) in [6.45, 7) is 0. The van der Waals surface area contributed by atoms with Crippen LogP contribution in [0.15, 0.2) is 40.2 Å². The molecule has 21 heavy (non-hydrogen) atoms. The van der Waals surface area contributed by atoms with Crippen molar-refractivity contribution in [2.24, 2.45) is 0 Å². The largest absolute Gasteiger partial charge is 1.00 e. The van der Waals surface area contributed by atoms with Crippen LogP contribution in [-0.4, -0.2) is 34.2 Å². The number of rotatable bonds is 2. The third kappa shape index (κ3) is 3.14. The maximum Gasteiger partial charge on any atom is 1.00 e. The first-order valence-electron chi connectivity index (χ1n) is 6.90. The summed E-state index contributed by atoms with van der Waals surface area (Å²) in [5.41, 5.74) is 3.79. The number of benzene rings is 1. The standard InChI is InChI=1S/C16H21N3S.Na.H/c1-18(2)12-9-10-14-15(16(12)19(3)4)17-11-7-5-6-8-13(11)20-14;;/h5-6,8-11,17H,7H2,1-4H3;;/q;+1;-1. The molecule has 0 aromatic heterocycles. The van der Waals surface area contributed by atoms with Gasteiger partial charge in [-0.3, -0.25) is 0 Å². The molecule has 0 saturated heterocycles. The van der Waals surface area contributed by atoms with E-state index in [1.807, 2.05) is 11.8 Å². The maximum absolute atomic E-state index is 3.74. The van der Waals surface area contributed by atoms with E-state index in [-0.39, 0.29) is 31.0 Å². The summed E-state index contributed by atoms with van der Waals surface area (Å²) >= 11 is 1.90. The molecule has 0 radical (unpaired) electrons. The van der Waals surface area contributed by atoms with Gasteiger partial charge in [-0.25, -0.2) is 0 Å². The normalized spacial score (nSPS) is 18.7. The van der Waals surface area contributed by atoms with E-state index < -0.39 is 0 Å². The first kappa shape index (κ1) is 16.8. The van der Waals surface area contributed by atoms with E-state index in [0.717, 1.165) is 6.42 Å². The second-order valence-corrected chi connectivity index (χ2v) is 6.74. The molecule has 1 N–H and O–H groups in total. The zero-order valence-electron chi connectivity index (χ0n) is 14.5. The molecule has 3 rings (SSSR count). The van der Waals surface area contributed by atoms with Gasteiger partial charge >= 0.3 is 29.6 Å². The van der Waals surface area contributed by atoms with Gasteiger partial charge in [0.2, 0.25) is 0 Å². The van der Waals surface area contributed by atoms with E-state index in [1.54, 1.807) is 0 Å². The molecule has 1 aliphatic heterocycles. The molecule has 1 atom stereocenters. The molecule has 0 spiro atoms. The van der Waals surface area contributed by atoms with Crippen LogP contribution in [0.25, 0.3) is 0 Å². The molecule has 0 bridgehead atoms. The summed E-state index contributed by atoms with van der Waals surface area (Å²) in [5, 5.41) is 3.74. The summed E-state index contributed by atoms with van der Waals surface area (Å²) in [6, 6.07) is 4.86. The van der Waals surface area contributed by atoms with Crippen molar-refractivity contribution in [3.05, 3.63) is 35.3 Å². The zero-order chi connectivity index (χ0) is 14.3. The fourth-order valence-electron chi connectivity index (χ4n) is 2.75. The average Bonchev–Trinajstić information content (AvgIpc) is 2.43. The molecule has 0 saturated carbocycles. The Balaban J connectivity index is 0.00000121. The fraction of sp³-hybridized carbons (Fsp3) is 0.375. The van der Waals surface area contributed by atoms with Crippen LogP contribution >= 0.6 is 11.8 Å². The van der Waals surface area contributed by atoms with Gasteiger partial charge in [0.25, 0.3) is 0 Å². The van der Waals surface area contributed by atoms with Gasteiger partial charge in [-0.05, 0) is 18.6 Å². The van der Waals surface area contributed by atoms with Gasteiger partial charge in [-0.1, -0.05) is 30.0 Å². The Hall–Kier alpha value is -0.550. The number of nitrogens with zero attached hydrogens (tertiary/aromatic N) is 2. The summed E-state index contributed by atoms with van der Waals surface area (Å²) in [4.78, 5) is 7.11. The third-order valence-corrected chi connectivity index (χ3v) is 4.92. The Morgan fingerprint density at radius 2 is 1.95 bits per heavy atom. The van der Waals surface area contributed by atoms with Crippen molar-refractivity contribution in [1.29, 1.82) is 0 Å². The molecule has 1 aromatic rings. The van der Waals surface area contributed by atoms with Crippen LogP contribution in [0.4, 0.5) is 17.1 Å². The molecule has 1 aromatic carbocycles. The van der Waals surface area contributed by atoms with Gasteiger partial charge in [0, 0.05) is 38.0 Å². The number of hydrogen-bond acceptors (Lipinski definition) is 4. The molecule has 2 aliphatic rings. The predicted molar refractivity (Wildman–Crippen MR) is 91.3 cm³/mol. The molecule has 108 valence electrons. The molecule has 1 aliphatic carbocycles. The van der Waals surface area contributed by atoms with Crippen LogP contribution in [0.2, 0.25) is 0 Å². The molecular formula is C16H22N3NaS. The number of fused-ring (bicyclic) bond motifs is 2. The number of allylic oxidation sites excluding steroid dienone is 2. The Morgan fingerprint density at radius 3 is 2.62 bits per heavy atom. The number of anilines is 3. The Kier molecular flexibility index (Phi) is 5.36. The SMILES string of the molecule is CN(C)c1ccc2c(c1N(C)C)NC1CC=CC=C1S2.[H-].[Na+]. The van der Waals surface area contributed by atoms with Crippen molar-refractivity contribution >= 4 is 28.8 Å². The fourth-order valence-corrected chi connectivity index (χ4v) is 3.84. The van der Waals surface area contributed by atoms with E-state index in [9.17, 15) is 0 Å². The maximum atomic E-state index is 3.74. The Bertz CT molecular complexity index is 599. The van der Waals surface area contributed by atoms with Crippen molar-refractivity contribution in [1.82, 2.24) is 0 Å². The van der Waals surface area contributed by atoms with E-state index in [4.69, 9.17) is 0 Å². The first-order chi connectivity index (χ1) is 9.58. The van der Waals surface area contributed by atoms with E-state index in [0.29, 0.717) is 6.04 Å². The van der Waals surface area contributed by atoms with Crippen molar-refractivity contribution < 1.29 is 31.0 Å². The molecule has 0 fully saturated rings. The van der Waals surface area contributed by atoms with Gasteiger partial charge in [0.05, 0.1) is 23.1 Å². The molecule has 0 amide bonds. The monoisotopic (exact) mass is 311 g/mol. The van der Waals surface area contributed by atoms with Crippen molar-refractivity contribution in [3.63, 3.8) is 0 Å². The van der Waals surface area contributed by atoms with Crippen LogP contribution in [0.5, 0.6) is 0 Å². The minimum absolute atomic E-state index is 0. The second kappa shape index (κ2) is 6.69. The van der Waals surface area contributed by atoms with Crippen LogP contribution in [0, 0.1) is 0 Å². The molecule has 5 heteroatoms. The summed E-state index contributed by atoms with van der Waals surface area (Å²) in [6.07, 6.45) is 7.69. The van der Waals surface area contributed by atoms with Crippen LogP contribution in [-0.2, 0) is 0 Å².